The van der Waals surface area contributed by atoms with E-state index < -0.39 is 5.82 Å². The van der Waals surface area contributed by atoms with E-state index in [0.29, 0.717) is 41.8 Å². The van der Waals surface area contributed by atoms with E-state index in [0.717, 1.165) is 66.6 Å². The minimum absolute atomic E-state index is 0.219. The second kappa shape index (κ2) is 11.8. The van der Waals surface area contributed by atoms with Crippen molar-refractivity contribution in [3.63, 3.8) is 0 Å². The smallest absolute Gasteiger partial charge is 0.252 e. The molecular formula is C39H44FN3O3. The molecule has 6 nitrogen and oxygen atoms in total. The number of aromatic amines is 1. The highest BCUT2D eigenvalue weighted by Gasteiger charge is 2.55. The number of fused-ring (bicyclic) bond motifs is 5. The van der Waals surface area contributed by atoms with Gasteiger partial charge < -0.3 is 25.5 Å². The summed E-state index contributed by atoms with van der Waals surface area (Å²) in [7, 11) is 0. The van der Waals surface area contributed by atoms with Crippen LogP contribution in [0.5, 0.6) is 5.75 Å². The van der Waals surface area contributed by atoms with Crippen LogP contribution in [0.3, 0.4) is 0 Å². The molecule has 7 heteroatoms. The lowest BCUT2D eigenvalue weighted by Crippen LogP contribution is -2.44. The number of phenols is 1. The summed E-state index contributed by atoms with van der Waals surface area (Å²) in [5.41, 5.74) is 8.47. The zero-order chi connectivity index (χ0) is 31.4. The van der Waals surface area contributed by atoms with Gasteiger partial charge in [-0.1, -0.05) is 37.3 Å². The van der Waals surface area contributed by atoms with Crippen molar-refractivity contribution in [1.82, 2.24) is 15.6 Å². The Kier molecular flexibility index (Phi) is 7.65. The largest absolute Gasteiger partial charge is 0.508 e. The minimum Gasteiger partial charge on any atom is -0.508 e. The van der Waals surface area contributed by atoms with Crippen LogP contribution < -0.4 is 10.6 Å². The maximum Gasteiger partial charge on any atom is 0.252 e. The van der Waals surface area contributed by atoms with Crippen molar-refractivity contribution < 1.29 is 19.0 Å². The van der Waals surface area contributed by atoms with Crippen LogP contribution in [0.15, 0.2) is 54.6 Å². The first-order chi connectivity index (χ1) is 22.4. The zero-order valence-corrected chi connectivity index (χ0v) is 26.6. The third kappa shape index (κ3) is 5.12. The van der Waals surface area contributed by atoms with Crippen molar-refractivity contribution in [3.8, 4) is 17.0 Å². The Labute approximate surface area is 270 Å². The number of hydrogen-bond donors (Lipinski definition) is 4. The summed E-state index contributed by atoms with van der Waals surface area (Å²) >= 11 is 0. The van der Waals surface area contributed by atoms with Gasteiger partial charge in [-0.3, -0.25) is 4.79 Å². The number of ether oxygens (including phenoxy) is 1. The fourth-order valence-corrected chi connectivity index (χ4v) is 9.68. The van der Waals surface area contributed by atoms with E-state index in [9.17, 15) is 14.3 Å². The van der Waals surface area contributed by atoms with Crippen LogP contribution in [0.2, 0.25) is 0 Å². The molecule has 0 saturated heterocycles. The number of nitrogens with one attached hydrogen (secondary N) is 3. The lowest BCUT2D eigenvalue weighted by molar-refractivity contribution is -0.0642. The average molecular weight is 622 g/mol. The van der Waals surface area contributed by atoms with Crippen LogP contribution in [-0.4, -0.2) is 41.8 Å². The number of aromatic nitrogens is 1. The van der Waals surface area contributed by atoms with Crippen LogP contribution in [0.4, 0.5) is 4.39 Å². The number of carbonyl (C=O) groups is 1. The standard InChI is InChI=1S/C39H44FN3O3/c1-39-15-13-29-28-10-8-27(44)19-25(28)7-9-30(29)33(39)11-12-35(39)46-18-2-16-41-22-23-3-5-24(6-4-23)37-31-14-17-42-38(45)32-20-26(40)21-34(43-37)36(31)32/h3-6,8,10,19-21,29-30,33,35,41,43-44H,2,7,9,11-18,22H2,1H3,(H,42,45)/t29-,30?,33+,35+,39+/m1/s1. The number of phenolic OH excluding ortho intramolecular Hbond substituents is 1. The Bertz CT molecular complexity index is 1780. The number of carbonyl (C=O) groups excluding carboxylic acids is 1. The van der Waals surface area contributed by atoms with Crippen molar-refractivity contribution in [2.24, 2.45) is 17.3 Å². The van der Waals surface area contributed by atoms with Crippen molar-refractivity contribution in [2.45, 2.75) is 76.9 Å². The first-order valence-corrected chi connectivity index (χ1v) is 17.2. The highest BCUT2D eigenvalue weighted by Crippen LogP contribution is 2.61. The second-order valence-corrected chi connectivity index (χ2v) is 14.4. The van der Waals surface area contributed by atoms with Gasteiger partial charge in [0.2, 0.25) is 0 Å². The Hall–Kier alpha value is -3.68. The third-order valence-electron chi connectivity index (χ3n) is 11.9. The van der Waals surface area contributed by atoms with E-state index in [1.54, 1.807) is 0 Å². The number of halogens is 1. The summed E-state index contributed by atoms with van der Waals surface area (Å²) < 4.78 is 20.9. The van der Waals surface area contributed by atoms with Gasteiger partial charge >= 0.3 is 0 Å². The van der Waals surface area contributed by atoms with E-state index in [2.05, 4.69) is 52.9 Å². The number of amides is 1. The molecule has 2 saturated carbocycles. The normalized spacial score (nSPS) is 26.7. The zero-order valence-electron chi connectivity index (χ0n) is 26.6. The van der Waals surface area contributed by atoms with Gasteiger partial charge in [0.1, 0.15) is 11.6 Å². The SMILES string of the molecule is C[C@]12CC[C@@H]3c4ccc(O)cc4CCC3[C@@H]1CC[C@@H]2OCCCNCc1ccc(-c2[nH]c3cc(F)cc4c3c2CCNC4=O)cc1. The molecule has 2 heterocycles. The molecule has 0 bridgehead atoms. The quantitative estimate of drug-likeness (QED) is 0.155. The van der Waals surface area contributed by atoms with Gasteiger partial charge in [-0.15, -0.1) is 0 Å². The van der Waals surface area contributed by atoms with E-state index in [-0.39, 0.29) is 11.3 Å². The summed E-state index contributed by atoms with van der Waals surface area (Å²) in [4.78, 5) is 15.9. The van der Waals surface area contributed by atoms with Crippen LogP contribution in [0.25, 0.3) is 22.2 Å². The predicted octanol–water partition coefficient (Wildman–Crippen LogP) is 7.39. The first-order valence-electron chi connectivity index (χ1n) is 17.2. The molecule has 1 unspecified atom stereocenters. The molecule has 5 atom stereocenters. The van der Waals surface area contributed by atoms with Crippen LogP contribution in [0.1, 0.15) is 84.0 Å². The summed E-state index contributed by atoms with van der Waals surface area (Å²) in [6.07, 6.45) is 9.28. The average Bonchev–Trinajstić information content (AvgIpc) is 3.53. The molecular weight excluding hydrogens is 577 g/mol. The Morgan fingerprint density at radius 3 is 2.78 bits per heavy atom. The van der Waals surface area contributed by atoms with E-state index in [1.807, 2.05) is 12.1 Å². The molecule has 3 aliphatic carbocycles. The number of rotatable bonds is 8. The predicted molar refractivity (Wildman–Crippen MR) is 179 cm³/mol. The van der Waals surface area contributed by atoms with Crippen LogP contribution >= 0.6 is 0 Å². The molecule has 1 amide bonds. The number of hydrogen-bond acceptors (Lipinski definition) is 4. The molecule has 4 N–H and O–H groups in total. The Morgan fingerprint density at radius 2 is 1.91 bits per heavy atom. The maximum atomic E-state index is 14.3. The van der Waals surface area contributed by atoms with Gasteiger partial charge in [0.25, 0.3) is 5.91 Å². The van der Waals surface area contributed by atoms with Crippen LogP contribution in [-0.2, 0) is 24.1 Å². The fourth-order valence-electron chi connectivity index (χ4n) is 9.68. The Balaban J connectivity index is 0.833. The molecule has 8 rings (SSSR count). The molecule has 46 heavy (non-hydrogen) atoms. The molecule has 0 radical (unpaired) electrons. The Morgan fingerprint density at radius 1 is 1.04 bits per heavy atom. The number of H-pyrrole nitrogens is 1. The highest BCUT2D eigenvalue weighted by atomic mass is 19.1. The molecule has 2 fully saturated rings. The summed E-state index contributed by atoms with van der Waals surface area (Å²) in [5, 5.41) is 17.3. The van der Waals surface area contributed by atoms with Gasteiger partial charge in [0.05, 0.1) is 11.7 Å². The lowest BCUT2D eigenvalue weighted by atomic mass is 9.55. The van der Waals surface area contributed by atoms with E-state index >= 15 is 0 Å². The minimum atomic E-state index is -0.409. The fraction of sp³-hybridized carbons (Fsp3) is 0.462. The van der Waals surface area contributed by atoms with Gasteiger partial charge in [-0.05, 0) is 133 Å². The lowest BCUT2D eigenvalue weighted by Gasteiger charge is -2.50. The number of aromatic hydroxyl groups is 1. The van der Waals surface area contributed by atoms with Crippen molar-refractivity contribution in [3.05, 3.63) is 88.2 Å². The topological polar surface area (TPSA) is 86.4 Å². The van der Waals surface area contributed by atoms with Gasteiger partial charge in [0.15, 0.2) is 0 Å². The van der Waals surface area contributed by atoms with Crippen LogP contribution in [0, 0.1) is 23.1 Å². The molecule has 4 aromatic rings. The number of benzene rings is 3. The molecule has 3 aromatic carbocycles. The third-order valence-corrected chi connectivity index (χ3v) is 11.9. The van der Waals surface area contributed by atoms with Gasteiger partial charge in [-0.2, -0.15) is 0 Å². The molecule has 4 aliphatic rings. The van der Waals surface area contributed by atoms with Gasteiger partial charge in [0, 0.05) is 36.3 Å². The van der Waals surface area contributed by atoms with Crippen molar-refractivity contribution in [2.75, 3.05) is 19.7 Å². The summed E-state index contributed by atoms with van der Waals surface area (Å²) in [5.74, 6) is 1.88. The van der Waals surface area contributed by atoms with Crippen molar-refractivity contribution in [1.29, 1.82) is 0 Å². The molecule has 1 aromatic heterocycles. The monoisotopic (exact) mass is 621 g/mol. The first kappa shape index (κ1) is 29.7. The van der Waals surface area contributed by atoms with Gasteiger partial charge in [-0.25, -0.2) is 4.39 Å². The maximum absolute atomic E-state index is 14.3. The molecule has 1 aliphatic heterocycles. The summed E-state index contributed by atoms with van der Waals surface area (Å²) in [6, 6.07) is 17.4. The molecule has 240 valence electrons. The second-order valence-electron chi connectivity index (χ2n) is 14.4. The molecule has 0 spiro atoms. The summed E-state index contributed by atoms with van der Waals surface area (Å²) in [6.45, 7) is 5.52. The van der Waals surface area contributed by atoms with Crippen molar-refractivity contribution >= 4 is 16.8 Å². The highest BCUT2D eigenvalue weighted by molar-refractivity contribution is 6.10. The number of aryl methyl sites for hydroxylation is 1. The van der Waals surface area contributed by atoms with E-state index in [1.165, 1.54) is 60.9 Å². The van der Waals surface area contributed by atoms with E-state index in [4.69, 9.17) is 4.74 Å².